The third kappa shape index (κ3) is 3.67. The number of thiophene rings is 1. The molecule has 1 unspecified atom stereocenters. The Hall–Kier alpha value is -2.32. The van der Waals surface area contributed by atoms with Crippen molar-refractivity contribution in [3.05, 3.63) is 34.5 Å². The number of anilines is 1. The van der Waals surface area contributed by atoms with Crippen molar-refractivity contribution in [3.8, 4) is 11.5 Å². The molecule has 1 atom stereocenters. The lowest BCUT2D eigenvalue weighted by atomic mass is 9.89. The van der Waals surface area contributed by atoms with Gasteiger partial charge in [0.2, 0.25) is 12.7 Å². The summed E-state index contributed by atoms with van der Waals surface area (Å²) in [5.74, 6) is 3.05. The van der Waals surface area contributed by atoms with E-state index in [0.717, 1.165) is 33.9 Å². The fourth-order valence-electron chi connectivity index (χ4n) is 3.82. The number of ether oxygens (including phenoxy) is 2. The van der Waals surface area contributed by atoms with Crippen molar-refractivity contribution < 1.29 is 14.3 Å². The molecule has 0 fully saturated rings. The second kappa shape index (κ2) is 7.50. The van der Waals surface area contributed by atoms with E-state index in [-0.39, 0.29) is 12.7 Å². The van der Waals surface area contributed by atoms with Crippen LogP contribution in [0.4, 0.5) is 5.69 Å². The van der Waals surface area contributed by atoms with Crippen molar-refractivity contribution in [1.29, 1.82) is 0 Å². The number of hydrogen-bond donors (Lipinski definition) is 1. The van der Waals surface area contributed by atoms with Gasteiger partial charge in [0, 0.05) is 22.0 Å². The zero-order valence-corrected chi connectivity index (χ0v) is 17.9. The summed E-state index contributed by atoms with van der Waals surface area (Å²) in [5.41, 5.74) is 2.09. The Morgan fingerprint density at radius 1 is 1.31 bits per heavy atom. The maximum Gasteiger partial charge on any atom is 0.234 e. The molecule has 1 aromatic carbocycles. The fourth-order valence-corrected chi connectivity index (χ4v) is 6.21. The highest BCUT2D eigenvalue weighted by Crippen LogP contribution is 2.41. The van der Waals surface area contributed by atoms with Crippen LogP contribution in [0, 0.1) is 12.8 Å². The van der Waals surface area contributed by atoms with Gasteiger partial charge >= 0.3 is 0 Å². The standard InChI is InChI=1S/C21H21N3O3S2/c1-11-3-5-14-17(7-11)29-21-19(14)20(22-12(2)23-21)28-9-18(25)24-13-4-6-15-16(8-13)27-10-26-15/h4,6,8,11H,3,5,7,9-10H2,1-2H3,(H,24,25). The Bertz CT molecular complexity index is 1110. The van der Waals surface area contributed by atoms with E-state index in [1.807, 2.05) is 13.0 Å². The van der Waals surface area contributed by atoms with E-state index in [1.165, 1.54) is 28.6 Å². The normalized spacial score (nSPS) is 17.4. The van der Waals surface area contributed by atoms with Crippen molar-refractivity contribution in [2.24, 2.45) is 5.92 Å². The average molecular weight is 428 g/mol. The lowest BCUT2D eigenvalue weighted by Crippen LogP contribution is -2.14. The van der Waals surface area contributed by atoms with Gasteiger partial charge in [0.1, 0.15) is 15.7 Å². The van der Waals surface area contributed by atoms with E-state index >= 15 is 0 Å². The molecule has 1 amide bonds. The van der Waals surface area contributed by atoms with Gasteiger partial charge in [-0.15, -0.1) is 11.3 Å². The summed E-state index contributed by atoms with van der Waals surface area (Å²) in [6.07, 6.45) is 3.38. The number of thioether (sulfide) groups is 1. The Kier molecular flexibility index (Phi) is 4.83. The second-order valence-electron chi connectivity index (χ2n) is 7.51. The number of aryl methyl sites for hydroxylation is 2. The Balaban J connectivity index is 1.34. The maximum atomic E-state index is 12.5. The molecule has 29 heavy (non-hydrogen) atoms. The molecule has 3 aromatic rings. The van der Waals surface area contributed by atoms with Gasteiger partial charge in [0.15, 0.2) is 11.5 Å². The third-order valence-corrected chi connectivity index (χ3v) is 7.35. The molecule has 0 saturated heterocycles. The molecule has 0 saturated carbocycles. The number of benzene rings is 1. The van der Waals surface area contributed by atoms with E-state index in [9.17, 15) is 4.79 Å². The van der Waals surface area contributed by atoms with Crippen LogP contribution in [-0.4, -0.2) is 28.4 Å². The molecule has 8 heteroatoms. The number of carbonyl (C=O) groups excluding carboxylic acids is 1. The monoisotopic (exact) mass is 427 g/mol. The Morgan fingerprint density at radius 3 is 3.07 bits per heavy atom. The van der Waals surface area contributed by atoms with Crippen LogP contribution in [0.1, 0.15) is 29.6 Å². The molecule has 1 aliphatic carbocycles. The SMILES string of the molecule is Cc1nc(SCC(=O)Nc2ccc3c(c2)OCO3)c2c3c(sc2n1)CC(C)CC3. The van der Waals surface area contributed by atoms with E-state index < -0.39 is 0 Å². The first-order valence-electron chi connectivity index (χ1n) is 9.68. The van der Waals surface area contributed by atoms with Crippen LogP contribution in [0.5, 0.6) is 11.5 Å². The van der Waals surface area contributed by atoms with Gasteiger partial charge in [-0.2, -0.15) is 0 Å². The molecule has 0 bridgehead atoms. The van der Waals surface area contributed by atoms with Crippen molar-refractivity contribution >= 4 is 44.9 Å². The number of nitrogens with one attached hydrogen (secondary N) is 1. The topological polar surface area (TPSA) is 73.3 Å². The van der Waals surface area contributed by atoms with Crippen LogP contribution in [0.2, 0.25) is 0 Å². The van der Waals surface area contributed by atoms with E-state index in [2.05, 4.69) is 22.2 Å². The highest BCUT2D eigenvalue weighted by Gasteiger charge is 2.24. The highest BCUT2D eigenvalue weighted by atomic mass is 32.2. The Labute approximate surface area is 177 Å². The molecule has 1 N–H and O–H groups in total. The minimum absolute atomic E-state index is 0.0731. The van der Waals surface area contributed by atoms with Gasteiger partial charge in [-0.1, -0.05) is 18.7 Å². The van der Waals surface area contributed by atoms with E-state index in [4.69, 9.17) is 9.47 Å². The predicted octanol–water partition coefficient (Wildman–Crippen LogP) is 4.58. The third-order valence-electron chi connectivity index (χ3n) is 5.23. The summed E-state index contributed by atoms with van der Waals surface area (Å²) in [6.45, 7) is 4.44. The van der Waals surface area contributed by atoms with Crippen LogP contribution >= 0.6 is 23.1 Å². The largest absolute Gasteiger partial charge is 0.454 e. The van der Waals surface area contributed by atoms with Crippen molar-refractivity contribution in [3.63, 3.8) is 0 Å². The maximum absolute atomic E-state index is 12.5. The molecule has 3 heterocycles. The van der Waals surface area contributed by atoms with Crippen molar-refractivity contribution in [1.82, 2.24) is 9.97 Å². The predicted molar refractivity (Wildman–Crippen MR) is 115 cm³/mol. The van der Waals surface area contributed by atoms with Crippen molar-refractivity contribution in [2.75, 3.05) is 17.9 Å². The highest BCUT2D eigenvalue weighted by molar-refractivity contribution is 8.00. The molecule has 2 aromatic heterocycles. The summed E-state index contributed by atoms with van der Waals surface area (Å²) >= 11 is 3.27. The Morgan fingerprint density at radius 2 is 2.17 bits per heavy atom. The van der Waals surface area contributed by atoms with Gasteiger partial charge in [0.05, 0.1) is 5.75 Å². The number of carbonyl (C=O) groups is 1. The van der Waals surface area contributed by atoms with Crippen LogP contribution < -0.4 is 14.8 Å². The lowest BCUT2D eigenvalue weighted by Gasteiger charge is -2.18. The first kappa shape index (κ1) is 18.7. The summed E-state index contributed by atoms with van der Waals surface area (Å²) in [7, 11) is 0. The smallest absolute Gasteiger partial charge is 0.234 e. The molecule has 1 aliphatic heterocycles. The zero-order valence-electron chi connectivity index (χ0n) is 16.3. The molecule has 2 aliphatic rings. The number of hydrogen-bond acceptors (Lipinski definition) is 7. The van der Waals surface area contributed by atoms with Crippen LogP contribution in [0.15, 0.2) is 23.2 Å². The van der Waals surface area contributed by atoms with Crippen LogP contribution in [0.3, 0.4) is 0 Å². The summed E-state index contributed by atoms with van der Waals surface area (Å²) < 4.78 is 10.7. The number of rotatable bonds is 4. The number of fused-ring (bicyclic) bond motifs is 4. The summed E-state index contributed by atoms with van der Waals surface area (Å²) in [5, 5.41) is 5.00. The molecule has 5 rings (SSSR count). The molecule has 0 radical (unpaired) electrons. The minimum atomic E-state index is -0.0731. The lowest BCUT2D eigenvalue weighted by molar-refractivity contribution is -0.113. The van der Waals surface area contributed by atoms with Gasteiger partial charge in [-0.25, -0.2) is 9.97 Å². The van der Waals surface area contributed by atoms with E-state index in [0.29, 0.717) is 28.9 Å². The molecule has 150 valence electrons. The first-order valence-corrected chi connectivity index (χ1v) is 11.5. The van der Waals surface area contributed by atoms with Crippen LogP contribution in [-0.2, 0) is 17.6 Å². The van der Waals surface area contributed by atoms with Gasteiger partial charge in [-0.3, -0.25) is 4.79 Å². The first-order chi connectivity index (χ1) is 14.1. The van der Waals surface area contributed by atoms with Crippen LogP contribution in [0.25, 0.3) is 10.2 Å². The second-order valence-corrected chi connectivity index (χ2v) is 9.56. The fraction of sp³-hybridized carbons (Fsp3) is 0.381. The van der Waals surface area contributed by atoms with Gasteiger partial charge in [-0.05, 0) is 49.8 Å². The van der Waals surface area contributed by atoms with Gasteiger partial charge < -0.3 is 14.8 Å². The molecule has 6 nitrogen and oxygen atoms in total. The summed E-state index contributed by atoms with van der Waals surface area (Å²) in [4.78, 5) is 24.3. The molecular weight excluding hydrogens is 406 g/mol. The van der Waals surface area contributed by atoms with Crippen molar-refractivity contribution in [2.45, 2.75) is 38.1 Å². The number of nitrogens with zero attached hydrogens (tertiary/aromatic N) is 2. The number of aromatic nitrogens is 2. The minimum Gasteiger partial charge on any atom is -0.454 e. The van der Waals surface area contributed by atoms with E-state index in [1.54, 1.807) is 23.5 Å². The molecule has 0 spiro atoms. The summed E-state index contributed by atoms with van der Waals surface area (Å²) in [6, 6.07) is 5.41. The van der Waals surface area contributed by atoms with Gasteiger partial charge in [0.25, 0.3) is 0 Å². The number of amides is 1. The quantitative estimate of drug-likeness (QED) is 0.485. The zero-order chi connectivity index (χ0) is 20.0. The average Bonchev–Trinajstić information content (AvgIpc) is 3.29. The molecular formula is C21H21N3O3S2.